The maximum absolute atomic E-state index is 12.2. The van der Waals surface area contributed by atoms with Crippen molar-refractivity contribution in [2.75, 3.05) is 53.0 Å². The van der Waals surface area contributed by atoms with Crippen molar-refractivity contribution in [3.63, 3.8) is 0 Å². The Bertz CT molecular complexity index is 676. The minimum Gasteiger partial charge on any atom is -0.379 e. The summed E-state index contributed by atoms with van der Waals surface area (Å²) in [5, 5.41) is 9.74. The number of nitrogens with zero attached hydrogens (tertiary/aromatic N) is 2. The summed E-state index contributed by atoms with van der Waals surface area (Å²) in [6.07, 6.45) is 2.33. The predicted octanol–water partition coefficient (Wildman–Crippen LogP) is 2.64. The topological polar surface area (TPSA) is 78.0 Å². The number of ether oxygens (including phenoxy) is 1. The summed E-state index contributed by atoms with van der Waals surface area (Å²) in [6, 6.07) is 8.08. The SMILES string of the molecule is CCC(CC)C(CNC(=NC)NCCNC(=O)c1cccc(C)c1)N1CCOCC1.I. The monoisotopic (exact) mass is 545 g/mol. The summed E-state index contributed by atoms with van der Waals surface area (Å²) < 4.78 is 5.53. The molecule has 1 aromatic carbocycles. The number of morpholine rings is 1. The highest BCUT2D eigenvalue weighted by molar-refractivity contribution is 14.0. The van der Waals surface area contributed by atoms with E-state index in [-0.39, 0.29) is 29.9 Å². The first-order valence-corrected chi connectivity index (χ1v) is 11.2. The fourth-order valence-electron chi connectivity index (χ4n) is 4.00. The van der Waals surface area contributed by atoms with Gasteiger partial charge in [-0.3, -0.25) is 14.7 Å². The van der Waals surface area contributed by atoms with E-state index >= 15 is 0 Å². The second kappa shape index (κ2) is 15.4. The molecular formula is C23H40IN5O2. The van der Waals surface area contributed by atoms with Gasteiger partial charge >= 0.3 is 0 Å². The lowest BCUT2D eigenvalue weighted by Gasteiger charge is -2.39. The van der Waals surface area contributed by atoms with Gasteiger partial charge in [0.25, 0.3) is 5.91 Å². The lowest BCUT2D eigenvalue weighted by Crippen LogP contribution is -2.53. The smallest absolute Gasteiger partial charge is 0.251 e. The van der Waals surface area contributed by atoms with Crippen molar-refractivity contribution >= 4 is 35.8 Å². The normalized spacial score (nSPS) is 15.8. The van der Waals surface area contributed by atoms with Crippen LogP contribution in [0.25, 0.3) is 0 Å². The number of aryl methyl sites for hydroxylation is 1. The third-order valence-electron chi connectivity index (χ3n) is 5.79. The molecule has 0 aromatic heterocycles. The van der Waals surface area contributed by atoms with E-state index in [0.29, 0.717) is 30.6 Å². The Morgan fingerprint density at radius 1 is 1.13 bits per heavy atom. The zero-order valence-corrected chi connectivity index (χ0v) is 21.8. The van der Waals surface area contributed by atoms with E-state index in [1.807, 2.05) is 31.2 Å². The number of amides is 1. The van der Waals surface area contributed by atoms with Gasteiger partial charge in [-0.05, 0) is 25.0 Å². The van der Waals surface area contributed by atoms with E-state index in [2.05, 4.69) is 39.7 Å². The van der Waals surface area contributed by atoms with Crippen LogP contribution in [0.5, 0.6) is 0 Å². The molecule has 1 heterocycles. The molecule has 1 aliphatic heterocycles. The summed E-state index contributed by atoms with van der Waals surface area (Å²) in [5.41, 5.74) is 1.77. The van der Waals surface area contributed by atoms with Gasteiger partial charge in [0.05, 0.1) is 13.2 Å². The van der Waals surface area contributed by atoms with Crippen molar-refractivity contribution in [2.45, 2.75) is 39.7 Å². The highest BCUT2D eigenvalue weighted by Crippen LogP contribution is 2.19. The Balaban J connectivity index is 0.00000480. The van der Waals surface area contributed by atoms with Gasteiger partial charge in [-0.25, -0.2) is 0 Å². The van der Waals surface area contributed by atoms with Crippen LogP contribution in [0.1, 0.15) is 42.6 Å². The van der Waals surface area contributed by atoms with Crippen molar-refractivity contribution in [2.24, 2.45) is 10.9 Å². The number of guanidine groups is 1. The molecule has 2 rings (SSSR count). The van der Waals surface area contributed by atoms with E-state index in [9.17, 15) is 4.79 Å². The third kappa shape index (κ3) is 9.33. The van der Waals surface area contributed by atoms with Gasteiger partial charge in [0.15, 0.2) is 5.96 Å². The van der Waals surface area contributed by atoms with Crippen molar-refractivity contribution in [1.82, 2.24) is 20.9 Å². The molecule has 1 amide bonds. The molecule has 1 fully saturated rings. The first-order chi connectivity index (χ1) is 14.6. The minimum absolute atomic E-state index is 0. The van der Waals surface area contributed by atoms with Crippen molar-refractivity contribution in [3.05, 3.63) is 35.4 Å². The van der Waals surface area contributed by atoms with E-state index in [1.54, 1.807) is 7.05 Å². The fraction of sp³-hybridized carbons (Fsp3) is 0.652. The molecule has 0 saturated carbocycles. The maximum Gasteiger partial charge on any atom is 0.251 e. The van der Waals surface area contributed by atoms with E-state index in [4.69, 9.17) is 4.74 Å². The Hall–Kier alpha value is -1.39. The van der Waals surface area contributed by atoms with Crippen LogP contribution in [-0.4, -0.2) is 75.8 Å². The van der Waals surface area contributed by atoms with Crippen LogP contribution < -0.4 is 16.0 Å². The lowest BCUT2D eigenvalue weighted by atomic mass is 9.92. The van der Waals surface area contributed by atoms with E-state index in [1.165, 1.54) is 0 Å². The van der Waals surface area contributed by atoms with Crippen molar-refractivity contribution in [3.8, 4) is 0 Å². The molecule has 0 radical (unpaired) electrons. The maximum atomic E-state index is 12.2. The highest BCUT2D eigenvalue weighted by atomic mass is 127. The van der Waals surface area contributed by atoms with Gasteiger partial charge in [0.2, 0.25) is 0 Å². The molecule has 1 aliphatic rings. The van der Waals surface area contributed by atoms with Gasteiger partial charge in [-0.1, -0.05) is 44.4 Å². The quantitative estimate of drug-likeness (QED) is 0.183. The van der Waals surface area contributed by atoms with Crippen LogP contribution in [0.15, 0.2) is 29.3 Å². The number of halogens is 1. The molecule has 1 atom stereocenters. The number of nitrogens with one attached hydrogen (secondary N) is 3. The van der Waals surface area contributed by atoms with Crippen molar-refractivity contribution in [1.29, 1.82) is 0 Å². The number of carbonyl (C=O) groups is 1. The summed E-state index contributed by atoms with van der Waals surface area (Å²) >= 11 is 0. The highest BCUT2D eigenvalue weighted by Gasteiger charge is 2.26. The zero-order valence-electron chi connectivity index (χ0n) is 19.4. The van der Waals surface area contributed by atoms with Crippen LogP contribution in [0.4, 0.5) is 0 Å². The molecule has 1 unspecified atom stereocenters. The zero-order chi connectivity index (χ0) is 21.8. The summed E-state index contributed by atoms with van der Waals surface area (Å²) in [6.45, 7) is 12.1. The first-order valence-electron chi connectivity index (χ1n) is 11.2. The van der Waals surface area contributed by atoms with Crippen LogP contribution in [0, 0.1) is 12.8 Å². The van der Waals surface area contributed by atoms with Crippen molar-refractivity contribution < 1.29 is 9.53 Å². The predicted molar refractivity (Wildman–Crippen MR) is 139 cm³/mol. The van der Waals surface area contributed by atoms with Gasteiger partial charge in [-0.15, -0.1) is 24.0 Å². The molecule has 0 bridgehead atoms. The lowest BCUT2D eigenvalue weighted by molar-refractivity contribution is 0.00272. The molecule has 0 aliphatic carbocycles. The Morgan fingerprint density at radius 3 is 2.42 bits per heavy atom. The van der Waals surface area contributed by atoms with Gasteiger partial charge in [0.1, 0.15) is 0 Å². The average molecular weight is 546 g/mol. The number of hydrogen-bond donors (Lipinski definition) is 3. The molecular weight excluding hydrogens is 505 g/mol. The third-order valence-corrected chi connectivity index (χ3v) is 5.79. The average Bonchev–Trinajstić information content (AvgIpc) is 2.78. The van der Waals surface area contributed by atoms with Crippen LogP contribution in [-0.2, 0) is 4.74 Å². The van der Waals surface area contributed by atoms with Crippen LogP contribution in [0.2, 0.25) is 0 Å². The summed E-state index contributed by atoms with van der Waals surface area (Å²) in [4.78, 5) is 19.1. The van der Waals surface area contributed by atoms with Crippen LogP contribution in [0.3, 0.4) is 0 Å². The Labute approximate surface area is 204 Å². The van der Waals surface area contributed by atoms with E-state index in [0.717, 1.165) is 57.2 Å². The molecule has 3 N–H and O–H groups in total. The molecule has 8 heteroatoms. The molecule has 1 aromatic rings. The number of rotatable bonds is 10. The number of benzene rings is 1. The summed E-state index contributed by atoms with van der Waals surface area (Å²) in [7, 11) is 1.78. The molecule has 31 heavy (non-hydrogen) atoms. The van der Waals surface area contributed by atoms with Gasteiger partial charge < -0.3 is 20.7 Å². The minimum atomic E-state index is -0.0513. The first kappa shape index (κ1) is 27.6. The molecule has 1 saturated heterocycles. The largest absolute Gasteiger partial charge is 0.379 e. The summed E-state index contributed by atoms with van der Waals surface area (Å²) in [5.74, 6) is 1.36. The molecule has 176 valence electrons. The molecule has 7 nitrogen and oxygen atoms in total. The Kier molecular flexibility index (Phi) is 13.7. The number of hydrogen-bond acceptors (Lipinski definition) is 4. The second-order valence-electron chi connectivity index (χ2n) is 7.80. The van der Waals surface area contributed by atoms with Gasteiger partial charge in [0, 0.05) is 51.4 Å². The van der Waals surface area contributed by atoms with E-state index < -0.39 is 0 Å². The Morgan fingerprint density at radius 2 is 1.81 bits per heavy atom. The standard InChI is InChI=1S/C23H39N5O2.HI/c1-5-19(6-2)21(28-12-14-30-15-13-28)17-27-23(24-4)26-11-10-25-22(29)20-9-7-8-18(3)16-20;/h7-9,16,19,21H,5-6,10-15,17H2,1-4H3,(H,25,29)(H2,24,26,27);1H. The second-order valence-corrected chi connectivity index (χ2v) is 7.80. The fourth-order valence-corrected chi connectivity index (χ4v) is 4.00. The number of carbonyl (C=O) groups excluding carboxylic acids is 1. The molecule has 0 spiro atoms. The van der Waals surface area contributed by atoms with Crippen LogP contribution >= 0.6 is 24.0 Å². The van der Waals surface area contributed by atoms with Gasteiger partial charge in [-0.2, -0.15) is 0 Å². The number of aliphatic imine (C=N–C) groups is 1.